The summed E-state index contributed by atoms with van der Waals surface area (Å²) in [4.78, 5) is 14.4. The van der Waals surface area contributed by atoms with E-state index in [9.17, 15) is 9.90 Å². The van der Waals surface area contributed by atoms with Crippen molar-refractivity contribution in [2.24, 2.45) is 11.8 Å². The summed E-state index contributed by atoms with van der Waals surface area (Å²) in [7, 11) is 0. The highest BCUT2D eigenvalue weighted by Gasteiger charge is 2.37. The first-order valence-corrected chi connectivity index (χ1v) is 6.71. The van der Waals surface area contributed by atoms with Crippen molar-refractivity contribution >= 4 is 5.91 Å². The first-order valence-electron chi connectivity index (χ1n) is 6.71. The van der Waals surface area contributed by atoms with Crippen LogP contribution < -0.4 is 5.32 Å². The minimum atomic E-state index is -0.362. The highest BCUT2D eigenvalue weighted by atomic mass is 16.3. The van der Waals surface area contributed by atoms with Crippen molar-refractivity contribution in [1.29, 1.82) is 0 Å². The molecule has 0 saturated carbocycles. The smallest absolute Gasteiger partial charge is 0.240 e. The minimum Gasteiger partial charge on any atom is -0.392 e. The van der Waals surface area contributed by atoms with Crippen LogP contribution in [0.15, 0.2) is 0 Å². The normalized spacial score (nSPS) is 42.8. The van der Waals surface area contributed by atoms with Crippen molar-refractivity contribution < 1.29 is 9.90 Å². The van der Waals surface area contributed by atoms with Crippen LogP contribution >= 0.6 is 0 Å². The maximum absolute atomic E-state index is 12.4. The summed E-state index contributed by atoms with van der Waals surface area (Å²) in [5.41, 5.74) is 0. The summed E-state index contributed by atoms with van der Waals surface area (Å²) in [5.74, 6) is 1.32. The first-order chi connectivity index (χ1) is 7.99. The minimum absolute atomic E-state index is 0.174. The van der Waals surface area contributed by atoms with Gasteiger partial charge in [0.2, 0.25) is 5.91 Å². The summed E-state index contributed by atoms with van der Waals surface area (Å²) >= 11 is 0. The number of rotatable bonds is 1. The molecule has 2 aliphatic heterocycles. The molecule has 2 aliphatic rings. The van der Waals surface area contributed by atoms with E-state index < -0.39 is 0 Å². The van der Waals surface area contributed by atoms with E-state index in [1.165, 1.54) is 6.42 Å². The third-order valence-electron chi connectivity index (χ3n) is 4.29. The third kappa shape index (κ3) is 2.63. The number of nitrogens with zero attached hydrogens (tertiary/aromatic N) is 1. The van der Waals surface area contributed by atoms with Crippen molar-refractivity contribution in [2.45, 2.75) is 51.8 Å². The first kappa shape index (κ1) is 12.8. The number of aliphatic hydroxyl groups is 1. The number of carbonyl (C=O) groups is 1. The van der Waals surface area contributed by atoms with E-state index in [1.54, 1.807) is 0 Å². The topological polar surface area (TPSA) is 52.6 Å². The molecule has 98 valence electrons. The number of nitrogens with one attached hydrogen (secondary N) is 1. The summed E-state index contributed by atoms with van der Waals surface area (Å²) in [6, 6.07) is 0.142. The van der Waals surface area contributed by atoms with E-state index in [2.05, 4.69) is 26.1 Å². The fraction of sp³-hybridized carbons (Fsp3) is 0.923. The Hall–Kier alpha value is -0.610. The van der Waals surface area contributed by atoms with E-state index >= 15 is 0 Å². The van der Waals surface area contributed by atoms with Crippen molar-refractivity contribution in [3.05, 3.63) is 0 Å². The molecule has 2 rings (SSSR count). The fourth-order valence-corrected chi connectivity index (χ4v) is 3.11. The number of carbonyl (C=O) groups excluding carboxylic acids is 1. The molecule has 4 heteroatoms. The Bertz CT molecular complexity index is 295. The summed E-state index contributed by atoms with van der Waals surface area (Å²) in [6.45, 7) is 7.97. The van der Waals surface area contributed by atoms with Gasteiger partial charge in [0, 0.05) is 19.1 Å². The Morgan fingerprint density at radius 3 is 2.59 bits per heavy atom. The average molecular weight is 240 g/mol. The molecule has 5 atom stereocenters. The molecule has 2 heterocycles. The fourth-order valence-electron chi connectivity index (χ4n) is 3.11. The molecule has 0 radical (unpaired) electrons. The van der Waals surface area contributed by atoms with Crippen LogP contribution in [-0.2, 0) is 4.79 Å². The zero-order valence-corrected chi connectivity index (χ0v) is 11.0. The molecular formula is C13H24N2O2. The molecule has 0 spiro atoms. The summed E-state index contributed by atoms with van der Waals surface area (Å²) in [5, 5.41) is 12.6. The Kier molecular flexibility index (Phi) is 3.73. The molecular weight excluding hydrogens is 216 g/mol. The molecule has 2 fully saturated rings. The number of amides is 1. The molecule has 0 aromatic rings. The van der Waals surface area contributed by atoms with E-state index in [1.807, 2.05) is 4.90 Å². The lowest BCUT2D eigenvalue weighted by Crippen LogP contribution is -2.53. The standard InChI is InChI=1S/C13H24N2O2/c1-8-4-9(2)10(3)15(7-8)13(17)12-5-11(16)6-14-12/h8-12,14,16H,4-7H2,1-3H3. The van der Waals surface area contributed by atoms with E-state index in [0.717, 1.165) is 6.54 Å². The second-order valence-corrected chi connectivity index (χ2v) is 5.90. The van der Waals surface area contributed by atoms with E-state index in [-0.39, 0.29) is 18.1 Å². The van der Waals surface area contributed by atoms with Gasteiger partial charge in [-0.25, -0.2) is 0 Å². The Morgan fingerprint density at radius 1 is 1.29 bits per heavy atom. The van der Waals surface area contributed by atoms with Crippen LogP contribution in [0, 0.1) is 11.8 Å². The van der Waals surface area contributed by atoms with Gasteiger partial charge in [-0.05, 0) is 31.6 Å². The molecule has 0 bridgehead atoms. The molecule has 2 saturated heterocycles. The van der Waals surface area contributed by atoms with Crippen LogP contribution in [0.2, 0.25) is 0 Å². The van der Waals surface area contributed by atoms with Gasteiger partial charge in [-0.15, -0.1) is 0 Å². The van der Waals surface area contributed by atoms with Gasteiger partial charge in [0.1, 0.15) is 0 Å². The van der Waals surface area contributed by atoms with Gasteiger partial charge in [0.05, 0.1) is 12.1 Å². The zero-order valence-electron chi connectivity index (χ0n) is 11.0. The molecule has 17 heavy (non-hydrogen) atoms. The second-order valence-electron chi connectivity index (χ2n) is 5.90. The van der Waals surface area contributed by atoms with Gasteiger partial charge in [0.15, 0.2) is 0 Å². The van der Waals surface area contributed by atoms with Gasteiger partial charge >= 0.3 is 0 Å². The largest absolute Gasteiger partial charge is 0.392 e. The quantitative estimate of drug-likeness (QED) is 0.706. The van der Waals surface area contributed by atoms with Crippen LogP contribution in [-0.4, -0.2) is 47.2 Å². The molecule has 0 aromatic heterocycles. The number of hydrogen-bond acceptors (Lipinski definition) is 3. The maximum Gasteiger partial charge on any atom is 0.240 e. The number of aliphatic hydroxyl groups excluding tert-OH is 1. The van der Waals surface area contributed by atoms with Crippen molar-refractivity contribution in [1.82, 2.24) is 10.2 Å². The van der Waals surface area contributed by atoms with Crippen LogP contribution in [0.5, 0.6) is 0 Å². The van der Waals surface area contributed by atoms with Crippen molar-refractivity contribution in [3.8, 4) is 0 Å². The van der Waals surface area contributed by atoms with Gasteiger partial charge in [-0.3, -0.25) is 4.79 Å². The molecule has 1 amide bonds. The Morgan fingerprint density at radius 2 is 2.00 bits per heavy atom. The lowest BCUT2D eigenvalue weighted by molar-refractivity contribution is -0.139. The zero-order chi connectivity index (χ0) is 12.6. The number of β-amino-alcohol motifs (C(OH)–C–C–N with tert-alkyl or cyclic N) is 1. The Balaban J connectivity index is 2.02. The van der Waals surface area contributed by atoms with Crippen molar-refractivity contribution in [3.63, 3.8) is 0 Å². The summed E-state index contributed by atoms with van der Waals surface area (Å²) < 4.78 is 0. The van der Waals surface area contributed by atoms with Gasteiger partial charge < -0.3 is 15.3 Å². The highest BCUT2D eigenvalue weighted by molar-refractivity contribution is 5.82. The number of piperidine rings is 1. The van der Waals surface area contributed by atoms with Gasteiger partial charge in [0.25, 0.3) is 0 Å². The lowest BCUT2D eigenvalue weighted by Gasteiger charge is -2.42. The number of hydrogen-bond donors (Lipinski definition) is 2. The van der Waals surface area contributed by atoms with Crippen LogP contribution in [0.4, 0.5) is 0 Å². The third-order valence-corrected chi connectivity index (χ3v) is 4.29. The van der Waals surface area contributed by atoms with E-state index in [4.69, 9.17) is 0 Å². The predicted octanol–water partition coefficient (Wildman–Crippen LogP) is 0.602. The molecule has 0 aromatic carbocycles. The SMILES string of the molecule is CC1CC(C)C(C)N(C(=O)C2CC(O)CN2)C1. The average Bonchev–Trinajstić information content (AvgIpc) is 2.69. The highest BCUT2D eigenvalue weighted by Crippen LogP contribution is 2.28. The lowest BCUT2D eigenvalue weighted by atomic mass is 9.85. The van der Waals surface area contributed by atoms with Crippen LogP contribution in [0.25, 0.3) is 0 Å². The molecule has 2 N–H and O–H groups in total. The monoisotopic (exact) mass is 240 g/mol. The second kappa shape index (κ2) is 4.94. The molecule has 4 nitrogen and oxygen atoms in total. The van der Waals surface area contributed by atoms with Gasteiger partial charge in [-0.1, -0.05) is 13.8 Å². The Labute approximate surface area is 103 Å². The van der Waals surface area contributed by atoms with Crippen LogP contribution in [0.3, 0.4) is 0 Å². The maximum atomic E-state index is 12.4. The summed E-state index contributed by atoms with van der Waals surface area (Å²) in [6.07, 6.45) is 1.40. The van der Waals surface area contributed by atoms with Crippen LogP contribution in [0.1, 0.15) is 33.6 Å². The van der Waals surface area contributed by atoms with Gasteiger partial charge in [-0.2, -0.15) is 0 Å². The van der Waals surface area contributed by atoms with Crippen molar-refractivity contribution in [2.75, 3.05) is 13.1 Å². The predicted molar refractivity (Wildman–Crippen MR) is 66.5 cm³/mol. The number of likely N-dealkylation sites (tertiary alicyclic amines) is 1. The molecule has 0 aliphatic carbocycles. The van der Waals surface area contributed by atoms with E-state index in [0.29, 0.717) is 30.8 Å². The molecule has 5 unspecified atom stereocenters.